The molecular formula is C23H42N4O3. The van der Waals surface area contributed by atoms with Crippen molar-refractivity contribution in [1.82, 2.24) is 15.1 Å². The fourth-order valence-corrected chi connectivity index (χ4v) is 3.78. The molecule has 7 nitrogen and oxygen atoms in total. The molecule has 30 heavy (non-hydrogen) atoms. The number of hydrogen-bond donors (Lipinski definition) is 1. The van der Waals surface area contributed by atoms with Crippen molar-refractivity contribution in [1.29, 1.82) is 0 Å². The molecule has 1 N–H and O–H groups in total. The first-order valence-electron chi connectivity index (χ1n) is 12.0. The molecule has 172 valence electrons. The molecule has 1 aromatic rings. The maximum atomic E-state index is 12.1. The molecule has 1 heterocycles. The van der Waals surface area contributed by atoms with E-state index in [1.807, 2.05) is 0 Å². The maximum Gasteiger partial charge on any atom is 0.320 e. The summed E-state index contributed by atoms with van der Waals surface area (Å²) < 4.78 is 1.25. The van der Waals surface area contributed by atoms with Gasteiger partial charge in [-0.15, -0.1) is 0 Å². The smallest absolute Gasteiger partial charge is 0.320 e. The summed E-state index contributed by atoms with van der Waals surface area (Å²) in [6.07, 6.45) is 22.0. The van der Waals surface area contributed by atoms with Crippen LogP contribution in [0.15, 0.2) is 6.20 Å². The lowest BCUT2D eigenvalue weighted by Crippen LogP contribution is -2.27. The van der Waals surface area contributed by atoms with Crippen LogP contribution in [0.2, 0.25) is 0 Å². The van der Waals surface area contributed by atoms with Gasteiger partial charge in [-0.05, 0) is 6.42 Å². The second-order valence-electron chi connectivity index (χ2n) is 8.32. The summed E-state index contributed by atoms with van der Waals surface area (Å²) in [5, 5.41) is 17.5. The number of aryl methyl sites for hydroxylation is 1. The topological polar surface area (TPSA) is 90.1 Å². The van der Waals surface area contributed by atoms with Crippen molar-refractivity contribution in [2.45, 2.75) is 110 Å². The van der Waals surface area contributed by atoms with Gasteiger partial charge in [-0.2, -0.15) is 5.10 Å². The Hall–Kier alpha value is -1.92. The first kappa shape index (κ1) is 26.1. The fraction of sp³-hybridized carbons (Fsp3) is 0.826. The van der Waals surface area contributed by atoms with E-state index in [0.29, 0.717) is 6.54 Å². The molecule has 1 rings (SSSR count). The third-order valence-electron chi connectivity index (χ3n) is 5.65. The van der Waals surface area contributed by atoms with E-state index in [0.717, 1.165) is 19.0 Å². The molecule has 0 aliphatic heterocycles. The summed E-state index contributed by atoms with van der Waals surface area (Å²) in [5.41, 5.74) is -0.238. The minimum atomic E-state index is -0.573. The molecule has 0 unspecified atom stereocenters. The molecule has 0 saturated heterocycles. The van der Waals surface area contributed by atoms with E-state index in [9.17, 15) is 14.9 Å². The monoisotopic (exact) mass is 422 g/mol. The molecule has 0 spiro atoms. The summed E-state index contributed by atoms with van der Waals surface area (Å²) >= 11 is 0. The molecule has 0 aliphatic carbocycles. The Balaban J connectivity index is 1.90. The lowest BCUT2D eigenvalue weighted by molar-refractivity contribution is -0.385. The third-order valence-corrected chi connectivity index (χ3v) is 5.65. The summed E-state index contributed by atoms with van der Waals surface area (Å²) in [6.45, 7) is 2.81. The standard InChI is InChI=1S/C23H42N4O3/c1-3-4-5-6-7-8-9-10-11-12-13-14-15-16-17-18-19-24-23(28)22-21(27(29)30)20-25-26(22)2/h20H,3-19H2,1-2H3,(H,24,28). The second kappa shape index (κ2) is 16.8. The van der Waals surface area contributed by atoms with E-state index in [1.54, 1.807) is 0 Å². The number of unbranched alkanes of at least 4 members (excludes halogenated alkanes) is 15. The molecule has 7 heteroatoms. The highest BCUT2D eigenvalue weighted by molar-refractivity contribution is 5.96. The van der Waals surface area contributed by atoms with Crippen molar-refractivity contribution in [3.63, 3.8) is 0 Å². The van der Waals surface area contributed by atoms with E-state index in [4.69, 9.17) is 0 Å². The Bertz CT molecular complexity index is 601. The van der Waals surface area contributed by atoms with Gasteiger partial charge in [-0.1, -0.05) is 103 Å². The molecule has 0 aliphatic rings. The van der Waals surface area contributed by atoms with Crippen LogP contribution in [0, 0.1) is 10.1 Å². The zero-order valence-corrected chi connectivity index (χ0v) is 19.2. The predicted molar refractivity (Wildman–Crippen MR) is 122 cm³/mol. The largest absolute Gasteiger partial charge is 0.350 e. The molecule has 1 amide bonds. The van der Waals surface area contributed by atoms with Gasteiger partial charge < -0.3 is 5.32 Å². The molecule has 0 radical (unpaired) electrons. The van der Waals surface area contributed by atoms with Crippen LogP contribution in [-0.2, 0) is 7.05 Å². The Labute approximate surface area is 182 Å². The SMILES string of the molecule is CCCCCCCCCCCCCCCCCCNC(=O)c1c([N+](=O)[O-])cnn1C. The van der Waals surface area contributed by atoms with Crippen molar-refractivity contribution in [2.24, 2.45) is 7.05 Å². The van der Waals surface area contributed by atoms with Gasteiger partial charge in [0.2, 0.25) is 5.69 Å². The molecule has 0 fully saturated rings. The number of nitro groups is 1. The Kier molecular flexibility index (Phi) is 14.7. The molecular weight excluding hydrogens is 380 g/mol. The van der Waals surface area contributed by atoms with Crippen LogP contribution in [-0.4, -0.2) is 27.2 Å². The Morgan fingerprint density at radius 1 is 0.900 bits per heavy atom. The number of nitrogens with one attached hydrogen (secondary N) is 1. The van der Waals surface area contributed by atoms with Gasteiger partial charge >= 0.3 is 5.69 Å². The van der Waals surface area contributed by atoms with Crippen LogP contribution in [0.4, 0.5) is 5.69 Å². The van der Waals surface area contributed by atoms with Crippen LogP contribution in [0.3, 0.4) is 0 Å². The van der Waals surface area contributed by atoms with Crippen LogP contribution in [0.1, 0.15) is 120 Å². The summed E-state index contributed by atoms with van der Waals surface area (Å²) in [6, 6.07) is 0. The second-order valence-corrected chi connectivity index (χ2v) is 8.32. The minimum absolute atomic E-state index is 0.0106. The van der Waals surface area contributed by atoms with E-state index in [2.05, 4.69) is 17.3 Å². The summed E-state index contributed by atoms with van der Waals surface area (Å²) in [7, 11) is 1.54. The minimum Gasteiger partial charge on any atom is -0.350 e. The first-order chi connectivity index (χ1) is 14.6. The predicted octanol–water partition coefficient (Wildman–Crippen LogP) is 6.32. The van der Waals surface area contributed by atoms with Crippen LogP contribution in [0.25, 0.3) is 0 Å². The van der Waals surface area contributed by atoms with Gasteiger partial charge in [0.05, 0.1) is 4.92 Å². The molecule has 0 bridgehead atoms. The van der Waals surface area contributed by atoms with Crippen molar-refractivity contribution in [3.05, 3.63) is 22.0 Å². The average molecular weight is 423 g/mol. The van der Waals surface area contributed by atoms with Crippen molar-refractivity contribution in [2.75, 3.05) is 6.54 Å². The quantitative estimate of drug-likeness (QED) is 0.160. The van der Waals surface area contributed by atoms with E-state index in [-0.39, 0.29) is 11.4 Å². The third kappa shape index (κ3) is 11.3. The lowest BCUT2D eigenvalue weighted by atomic mass is 10.0. The Morgan fingerprint density at radius 2 is 1.33 bits per heavy atom. The number of amides is 1. The maximum absolute atomic E-state index is 12.1. The van der Waals surface area contributed by atoms with Gasteiger partial charge in [0.25, 0.3) is 5.91 Å². The Morgan fingerprint density at radius 3 is 1.77 bits per heavy atom. The number of aromatic nitrogens is 2. The van der Waals surface area contributed by atoms with E-state index < -0.39 is 10.8 Å². The van der Waals surface area contributed by atoms with Gasteiger partial charge in [-0.3, -0.25) is 19.6 Å². The molecule has 0 saturated carbocycles. The molecule has 0 atom stereocenters. The van der Waals surface area contributed by atoms with Gasteiger partial charge in [0.15, 0.2) is 0 Å². The highest BCUT2D eigenvalue weighted by Crippen LogP contribution is 2.17. The summed E-state index contributed by atoms with van der Waals surface area (Å²) in [4.78, 5) is 22.5. The highest BCUT2D eigenvalue weighted by Gasteiger charge is 2.24. The average Bonchev–Trinajstić information content (AvgIpc) is 3.12. The number of carbonyl (C=O) groups excluding carboxylic acids is 1. The first-order valence-corrected chi connectivity index (χ1v) is 12.0. The summed E-state index contributed by atoms with van der Waals surface area (Å²) in [5.74, 6) is -0.428. The van der Waals surface area contributed by atoms with Crippen LogP contribution < -0.4 is 5.32 Å². The zero-order valence-electron chi connectivity index (χ0n) is 19.2. The van der Waals surface area contributed by atoms with Crippen molar-refractivity contribution < 1.29 is 9.72 Å². The highest BCUT2D eigenvalue weighted by atomic mass is 16.6. The molecule has 1 aromatic heterocycles. The van der Waals surface area contributed by atoms with Gasteiger partial charge in [0, 0.05) is 13.6 Å². The van der Waals surface area contributed by atoms with Crippen molar-refractivity contribution >= 4 is 11.6 Å². The number of carbonyl (C=O) groups is 1. The van der Waals surface area contributed by atoms with Crippen LogP contribution in [0.5, 0.6) is 0 Å². The van der Waals surface area contributed by atoms with Crippen molar-refractivity contribution in [3.8, 4) is 0 Å². The van der Waals surface area contributed by atoms with Gasteiger partial charge in [-0.25, -0.2) is 0 Å². The number of hydrogen-bond acceptors (Lipinski definition) is 4. The molecule has 0 aromatic carbocycles. The number of rotatable bonds is 19. The van der Waals surface area contributed by atoms with Gasteiger partial charge in [0.1, 0.15) is 6.20 Å². The van der Waals surface area contributed by atoms with E-state index >= 15 is 0 Å². The normalized spacial score (nSPS) is 11.0. The van der Waals surface area contributed by atoms with Crippen LogP contribution >= 0.6 is 0 Å². The fourth-order valence-electron chi connectivity index (χ4n) is 3.78. The number of nitrogens with zero attached hydrogens (tertiary/aromatic N) is 3. The van der Waals surface area contributed by atoms with E-state index in [1.165, 1.54) is 102 Å². The zero-order chi connectivity index (χ0) is 22.0. The lowest BCUT2D eigenvalue weighted by Gasteiger charge is -2.06.